The highest BCUT2D eigenvalue weighted by atomic mass is 16.1. The minimum absolute atomic E-state index is 0.111. The first kappa shape index (κ1) is 16.1. The maximum absolute atomic E-state index is 12.6. The van der Waals surface area contributed by atoms with Gasteiger partial charge in [-0.2, -0.15) is 5.10 Å². The molecule has 2 N–H and O–H groups in total. The first-order valence-electron chi connectivity index (χ1n) is 8.46. The number of benzene rings is 2. The number of carbonyl (C=O) groups excluding carboxylic acids is 1. The Morgan fingerprint density at radius 2 is 2.00 bits per heavy atom. The summed E-state index contributed by atoms with van der Waals surface area (Å²) in [7, 11) is 0. The van der Waals surface area contributed by atoms with Crippen molar-refractivity contribution < 1.29 is 4.79 Å². The van der Waals surface area contributed by atoms with Crippen LogP contribution in [-0.2, 0) is 0 Å². The summed E-state index contributed by atoms with van der Waals surface area (Å²) >= 11 is 0. The lowest BCUT2D eigenvalue weighted by Crippen LogP contribution is -2.26. The van der Waals surface area contributed by atoms with Crippen molar-refractivity contribution in [2.75, 3.05) is 0 Å². The number of carbonyl (C=O) groups is 1. The fourth-order valence-electron chi connectivity index (χ4n) is 3.05. The molecule has 130 valence electrons. The summed E-state index contributed by atoms with van der Waals surface area (Å²) in [5.41, 5.74) is 4.64. The van der Waals surface area contributed by atoms with E-state index in [1.165, 1.54) is 6.33 Å². The molecule has 2 aromatic heterocycles. The van der Waals surface area contributed by atoms with Crippen LogP contribution in [0.4, 0.5) is 0 Å². The van der Waals surface area contributed by atoms with Gasteiger partial charge >= 0.3 is 0 Å². The lowest BCUT2D eigenvalue weighted by atomic mass is 10.1. The molecular formula is C20H19N5O. The van der Waals surface area contributed by atoms with Crippen molar-refractivity contribution in [3.63, 3.8) is 0 Å². The average molecular weight is 345 g/mol. The number of H-pyrrole nitrogens is 1. The second-order valence-electron chi connectivity index (χ2n) is 6.35. The lowest BCUT2D eigenvalue weighted by molar-refractivity contribution is 0.0935. The van der Waals surface area contributed by atoms with Gasteiger partial charge in [-0.05, 0) is 43.2 Å². The zero-order chi connectivity index (χ0) is 18.1. The van der Waals surface area contributed by atoms with Crippen molar-refractivity contribution in [2.24, 2.45) is 0 Å². The highest BCUT2D eigenvalue weighted by Gasteiger charge is 2.14. The van der Waals surface area contributed by atoms with Gasteiger partial charge in [0.15, 0.2) is 0 Å². The first-order chi connectivity index (χ1) is 12.6. The molecule has 0 bridgehead atoms. The van der Waals surface area contributed by atoms with E-state index in [-0.39, 0.29) is 11.9 Å². The lowest BCUT2D eigenvalue weighted by Gasteiger charge is -2.14. The fraction of sp³-hybridized carbons (Fsp3) is 0.150. The molecular weight excluding hydrogens is 326 g/mol. The molecule has 1 atom stereocenters. The van der Waals surface area contributed by atoms with Crippen LogP contribution in [0.2, 0.25) is 0 Å². The summed E-state index contributed by atoms with van der Waals surface area (Å²) in [4.78, 5) is 19.8. The predicted octanol–water partition coefficient (Wildman–Crippen LogP) is 3.55. The molecule has 2 heterocycles. The van der Waals surface area contributed by atoms with Gasteiger partial charge in [0.2, 0.25) is 0 Å². The topological polar surface area (TPSA) is 75.6 Å². The van der Waals surface area contributed by atoms with Crippen LogP contribution in [0.3, 0.4) is 0 Å². The molecule has 0 spiro atoms. The third kappa shape index (κ3) is 2.97. The number of aryl methyl sites for hydroxylation is 1. The van der Waals surface area contributed by atoms with Crippen LogP contribution in [-0.4, -0.2) is 25.7 Å². The van der Waals surface area contributed by atoms with Crippen molar-refractivity contribution in [1.29, 1.82) is 0 Å². The van der Waals surface area contributed by atoms with E-state index in [9.17, 15) is 4.79 Å². The number of aromatic amines is 1. The van der Waals surface area contributed by atoms with E-state index in [0.717, 1.165) is 27.7 Å². The third-order valence-corrected chi connectivity index (χ3v) is 4.53. The summed E-state index contributed by atoms with van der Waals surface area (Å²) in [6, 6.07) is 15.7. The van der Waals surface area contributed by atoms with E-state index in [2.05, 4.69) is 20.4 Å². The molecule has 0 aliphatic heterocycles. The Labute approximate surface area is 150 Å². The Morgan fingerprint density at radius 1 is 1.19 bits per heavy atom. The third-order valence-electron chi connectivity index (χ3n) is 4.53. The number of nitrogens with zero attached hydrogens (tertiary/aromatic N) is 3. The smallest absolute Gasteiger partial charge is 0.268 e. The molecule has 26 heavy (non-hydrogen) atoms. The molecule has 6 heteroatoms. The highest BCUT2D eigenvalue weighted by molar-refractivity contribution is 5.98. The number of hydrogen-bond donors (Lipinski definition) is 2. The van der Waals surface area contributed by atoms with E-state index in [4.69, 9.17) is 0 Å². The Morgan fingerprint density at radius 3 is 2.69 bits per heavy atom. The molecule has 1 amide bonds. The predicted molar refractivity (Wildman–Crippen MR) is 100 cm³/mol. The van der Waals surface area contributed by atoms with Gasteiger partial charge in [-0.25, -0.2) is 9.67 Å². The van der Waals surface area contributed by atoms with Crippen LogP contribution in [0, 0.1) is 6.92 Å². The van der Waals surface area contributed by atoms with Crippen LogP contribution in [0.25, 0.3) is 16.6 Å². The minimum atomic E-state index is -0.117. The number of aromatic nitrogens is 4. The second kappa shape index (κ2) is 6.48. The largest absolute Gasteiger partial charge is 0.350 e. The zero-order valence-corrected chi connectivity index (χ0v) is 14.6. The summed E-state index contributed by atoms with van der Waals surface area (Å²) in [6.45, 7) is 4.00. The van der Waals surface area contributed by atoms with Gasteiger partial charge < -0.3 is 10.3 Å². The number of rotatable bonds is 4. The number of nitrogens with one attached hydrogen (secondary N) is 2. The minimum Gasteiger partial charge on any atom is -0.350 e. The highest BCUT2D eigenvalue weighted by Crippen LogP contribution is 2.20. The first-order valence-corrected chi connectivity index (χ1v) is 8.46. The van der Waals surface area contributed by atoms with Crippen LogP contribution in [0.5, 0.6) is 0 Å². The maximum atomic E-state index is 12.6. The molecule has 4 rings (SSSR count). The summed E-state index contributed by atoms with van der Waals surface area (Å²) in [5, 5.41) is 8.19. The molecule has 0 saturated heterocycles. The Bertz CT molecular complexity index is 1050. The van der Waals surface area contributed by atoms with Gasteiger partial charge in [-0.15, -0.1) is 0 Å². The number of amides is 1. The molecule has 0 fully saturated rings. The van der Waals surface area contributed by atoms with Crippen molar-refractivity contribution in [1.82, 2.24) is 25.1 Å². The SMILES string of the molecule is Cc1cccc2cc(C(=O)NC(C)c3ccc(-n4cncn4)cc3)[nH]c12. The van der Waals surface area contributed by atoms with E-state index < -0.39 is 0 Å². The van der Waals surface area contributed by atoms with E-state index >= 15 is 0 Å². The second-order valence-corrected chi connectivity index (χ2v) is 6.35. The molecule has 4 aromatic rings. The molecule has 0 saturated carbocycles. The van der Waals surface area contributed by atoms with Crippen molar-refractivity contribution in [3.8, 4) is 5.69 Å². The Hall–Kier alpha value is -3.41. The number of para-hydroxylation sites is 1. The van der Waals surface area contributed by atoms with Crippen LogP contribution in [0.15, 0.2) is 61.2 Å². The molecule has 2 aromatic carbocycles. The molecule has 0 aliphatic rings. The Kier molecular flexibility index (Phi) is 4.01. The zero-order valence-electron chi connectivity index (χ0n) is 14.6. The molecule has 0 radical (unpaired) electrons. The van der Waals surface area contributed by atoms with E-state index in [1.807, 2.05) is 62.4 Å². The number of fused-ring (bicyclic) bond motifs is 1. The van der Waals surface area contributed by atoms with Crippen LogP contribution in [0.1, 0.15) is 34.6 Å². The summed E-state index contributed by atoms with van der Waals surface area (Å²) in [5.74, 6) is -0.117. The van der Waals surface area contributed by atoms with Crippen molar-refractivity contribution in [3.05, 3.63) is 78.0 Å². The summed E-state index contributed by atoms with van der Waals surface area (Å²) in [6.07, 6.45) is 3.15. The van der Waals surface area contributed by atoms with Crippen molar-refractivity contribution >= 4 is 16.8 Å². The van der Waals surface area contributed by atoms with Gasteiger partial charge in [0.05, 0.1) is 11.7 Å². The van der Waals surface area contributed by atoms with E-state index in [0.29, 0.717) is 5.69 Å². The number of hydrogen-bond acceptors (Lipinski definition) is 3. The van der Waals surface area contributed by atoms with Crippen LogP contribution < -0.4 is 5.32 Å². The molecule has 1 unspecified atom stereocenters. The van der Waals surface area contributed by atoms with Crippen molar-refractivity contribution in [2.45, 2.75) is 19.9 Å². The standard InChI is InChI=1S/C20H19N5O/c1-13-4-3-5-16-10-18(24-19(13)16)20(26)23-14(2)15-6-8-17(9-7-15)25-12-21-11-22-25/h3-12,14,24H,1-2H3,(H,23,26). The van der Waals surface area contributed by atoms with Gasteiger partial charge in [-0.1, -0.05) is 30.3 Å². The van der Waals surface area contributed by atoms with Gasteiger partial charge in [0.25, 0.3) is 5.91 Å². The normalized spacial score (nSPS) is 12.2. The monoisotopic (exact) mass is 345 g/mol. The molecule has 0 aliphatic carbocycles. The van der Waals surface area contributed by atoms with E-state index in [1.54, 1.807) is 11.0 Å². The summed E-state index contributed by atoms with van der Waals surface area (Å²) < 4.78 is 1.69. The Balaban J connectivity index is 1.50. The van der Waals surface area contributed by atoms with Gasteiger partial charge in [-0.3, -0.25) is 4.79 Å². The quantitative estimate of drug-likeness (QED) is 0.594. The maximum Gasteiger partial charge on any atom is 0.268 e. The fourth-order valence-corrected chi connectivity index (χ4v) is 3.05. The molecule has 6 nitrogen and oxygen atoms in total. The average Bonchev–Trinajstić information content (AvgIpc) is 3.32. The van der Waals surface area contributed by atoms with Gasteiger partial charge in [0, 0.05) is 10.9 Å². The van der Waals surface area contributed by atoms with Gasteiger partial charge in [0.1, 0.15) is 18.3 Å². The van der Waals surface area contributed by atoms with Crippen LogP contribution >= 0.6 is 0 Å².